The second-order valence-corrected chi connectivity index (χ2v) is 6.13. The third kappa shape index (κ3) is 6.51. The topological polar surface area (TPSA) is 54.2 Å². The first kappa shape index (κ1) is 20.5. The van der Waals surface area contributed by atoms with Crippen molar-refractivity contribution in [2.75, 3.05) is 7.05 Å². The van der Waals surface area contributed by atoms with Crippen LogP contribution in [0.2, 0.25) is 0 Å². The molecule has 132 valence electrons. The maximum Gasteiger partial charge on any atom is 0.191 e. The highest BCUT2D eigenvalue weighted by Gasteiger charge is 2.09. The Hall–Kier alpha value is -1.57. The molecule has 0 aliphatic carbocycles. The number of hydrogen-bond donors (Lipinski definition) is 2. The van der Waals surface area contributed by atoms with Crippen LogP contribution in [0.25, 0.3) is 0 Å². The van der Waals surface area contributed by atoms with E-state index >= 15 is 0 Å². The first-order chi connectivity index (χ1) is 11.1. The van der Waals surface area contributed by atoms with Gasteiger partial charge in [-0.1, -0.05) is 44.2 Å². The summed E-state index contributed by atoms with van der Waals surface area (Å²) in [6.07, 6.45) is 3.97. The fraction of sp³-hybridized carbons (Fsp3) is 0.444. The molecule has 24 heavy (non-hydrogen) atoms. The standard InChI is InChI=1S/C18H27N5.HI/c1-14(2)15(3)22-18(19-4)20-10-17-11-21-23(13-17)12-16-8-6-5-7-9-16;/h5-9,11,13-15H,10,12H2,1-4H3,(H2,19,20,22);1H. The van der Waals surface area contributed by atoms with Crippen LogP contribution in [0.4, 0.5) is 0 Å². The molecule has 6 heteroatoms. The molecular weight excluding hydrogens is 413 g/mol. The summed E-state index contributed by atoms with van der Waals surface area (Å²) in [6, 6.07) is 10.7. The van der Waals surface area contributed by atoms with E-state index in [1.165, 1.54) is 5.56 Å². The molecule has 2 rings (SSSR count). The monoisotopic (exact) mass is 441 g/mol. The minimum absolute atomic E-state index is 0. The zero-order valence-electron chi connectivity index (χ0n) is 14.9. The maximum absolute atomic E-state index is 4.42. The van der Waals surface area contributed by atoms with Gasteiger partial charge in [0.2, 0.25) is 0 Å². The quantitative estimate of drug-likeness (QED) is 0.411. The average Bonchev–Trinajstić information content (AvgIpc) is 2.99. The van der Waals surface area contributed by atoms with Crippen molar-refractivity contribution in [1.82, 2.24) is 20.4 Å². The number of nitrogens with zero attached hydrogens (tertiary/aromatic N) is 3. The number of guanidine groups is 1. The Morgan fingerprint density at radius 1 is 1.17 bits per heavy atom. The molecule has 1 atom stereocenters. The summed E-state index contributed by atoms with van der Waals surface area (Å²) < 4.78 is 1.96. The molecule has 1 heterocycles. The fourth-order valence-corrected chi connectivity index (χ4v) is 2.12. The van der Waals surface area contributed by atoms with E-state index in [0.29, 0.717) is 18.5 Å². The highest BCUT2D eigenvalue weighted by Crippen LogP contribution is 2.04. The first-order valence-electron chi connectivity index (χ1n) is 8.11. The van der Waals surface area contributed by atoms with Crippen LogP contribution >= 0.6 is 24.0 Å². The molecule has 0 radical (unpaired) electrons. The van der Waals surface area contributed by atoms with Crippen molar-refractivity contribution in [2.45, 2.75) is 39.9 Å². The summed E-state index contributed by atoms with van der Waals surface area (Å²) in [7, 11) is 1.79. The molecule has 0 saturated heterocycles. The molecule has 0 aliphatic heterocycles. The van der Waals surface area contributed by atoms with E-state index in [4.69, 9.17) is 0 Å². The Kier molecular flexibility index (Phi) is 8.81. The van der Waals surface area contributed by atoms with Crippen molar-refractivity contribution in [3.8, 4) is 0 Å². The first-order valence-corrected chi connectivity index (χ1v) is 8.11. The van der Waals surface area contributed by atoms with Gasteiger partial charge in [0, 0.05) is 31.4 Å². The molecule has 1 aromatic heterocycles. The predicted molar refractivity (Wildman–Crippen MR) is 111 cm³/mol. The smallest absolute Gasteiger partial charge is 0.191 e. The molecule has 0 aliphatic rings. The maximum atomic E-state index is 4.42. The third-order valence-corrected chi connectivity index (χ3v) is 3.92. The molecule has 2 aromatic rings. The molecule has 0 saturated carbocycles. The lowest BCUT2D eigenvalue weighted by molar-refractivity contribution is 0.481. The Bertz CT molecular complexity index is 621. The van der Waals surface area contributed by atoms with Gasteiger partial charge in [-0.2, -0.15) is 5.10 Å². The van der Waals surface area contributed by atoms with Gasteiger partial charge in [0.05, 0.1) is 12.7 Å². The van der Waals surface area contributed by atoms with Crippen LogP contribution in [0.1, 0.15) is 31.9 Å². The Labute approximate surface area is 162 Å². The van der Waals surface area contributed by atoms with Gasteiger partial charge in [-0.3, -0.25) is 9.67 Å². The van der Waals surface area contributed by atoms with Crippen LogP contribution in [0.5, 0.6) is 0 Å². The van der Waals surface area contributed by atoms with Crippen LogP contribution in [-0.4, -0.2) is 28.8 Å². The lowest BCUT2D eigenvalue weighted by Crippen LogP contribution is -2.43. The highest BCUT2D eigenvalue weighted by molar-refractivity contribution is 14.0. The van der Waals surface area contributed by atoms with Crippen LogP contribution in [-0.2, 0) is 13.1 Å². The molecular formula is C18H28IN5. The second-order valence-electron chi connectivity index (χ2n) is 6.13. The summed E-state index contributed by atoms with van der Waals surface area (Å²) in [6.45, 7) is 8.05. The Morgan fingerprint density at radius 3 is 2.50 bits per heavy atom. The van der Waals surface area contributed by atoms with Crippen molar-refractivity contribution in [3.05, 3.63) is 53.9 Å². The van der Waals surface area contributed by atoms with E-state index in [9.17, 15) is 0 Å². The lowest BCUT2D eigenvalue weighted by atomic mass is 10.1. The average molecular weight is 441 g/mol. The molecule has 5 nitrogen and oxygen atoms in total. The van der Waals surface area contributed by atoms with E-state index in [0.717, 1.165) is 18.1 Å². The van der Waals surface area contributed by atoms with Gasteiger partial charge in [0.25, 0.3) is 0 Å². The molecule has 1 aromatic carbocycles. The fourth-order valence-electron chi connectivity index (χ4n) is 2.12. The number of benzene rings is 1. The van der Waals surface area contributed by atoms with Gasteiger partial charge < -0.3 is 10.6 Å². The van der Waals surface area contributed by atoms with Gasteiger partial charge >= 0.3 is 0 Å². The van der Waals surface area contributed by atoms with E-state index < -0.39 is 0 Å². The van der Waals surface area contributed by atoms with E-state index in [1.807, 2.05) is 29.1 Å². The van der Waals surface area contributed by atoms with Gasteiger partial charge in [-0.25, -0.2) is 0 Å². The number of aliphatic imine (C=N–C) groups is 1. The molecule has 0 spiro atoms. The number of hydrogen-bond acceptors (Lipinski definition) is 2. The second kappa shape index (κ2) is 10.3. The molecule has 0 bridgehead atoms. The van der Waals surface area contributed by atoms with Gasteiger partial charge in [-0.05, 0) is 18.4 Å². The zero-order chi connectivity index (χ0) is 16.7. The van der Waals surface area contributed by atoms with Gasteiger partial charge in [0.15, 0.2) is 5.96 Å². The molecule has 1 unspecified atom stereocenters. The van der Waals surface area contributed by atoms with E-state index in [-0.39, 0.29) is 24.0 Å². The molecule has 0 fully saturated rings. The van der Waals surface area contributed by atoms with Crippen molar-refractivity contribution in [1.29, 1.82) is 0 Å². The summed E-state index contributed by atoms with van der Waals surface area (Å²) >= 11 is 0. The van der Waals surface area contributed by atoms with Gasteiger partial charge in [0.1, 0.15) is 0 Å². The van der Waals surface area contributed by atoms with E-state index in [1.54, 1.807) is 7.05 Å². The molecule has 2 N–H and O–H groups in total. The van der Waals surface area contributed by atoms with Crippen LogP contribution in [0, 0.1) is 5.92 Å². The number of rotatable bonds is 6. The van der Waals surface area contributed by atoms with E-state index in [2.05, 4.69) is 59.8 Å². The van der Waals surface area contributed by atoms with Crippen LogP contribution in [0.3, 0.4) is 0 Å². The highest BCUT2D eigenvalue weighted by atomic mass is 127. The van der Waals surface area contributed by atoms with Crippen molar-refractivity contribution >= 4 is 29.9 Å². The molecule has 0 amide bonds. The van der Waals surface area contributed by atoms with Crippen molar-refractivity contribution < 1.29 is 0 Å². The van der Waals surface area contributed by atoms with Crippen molar-refractivity contribution in [2.24, 2.45) is 10.9 Å². The summed E-state index contributed by atoms with van der Waals surface area (Å²) in [5.41, 5.74) is 2.39. The zero-order valence-corrected chi connectivity index (χ0v) is 17.2. The SMILES string of the molecule is CN=C(NCc1cnn(Cc2ccccc2)c1)NC(C)C(C)C.I. The number of halogens is 1. The summed E-state index contributed by atoms with van der Waals surface area (Å²) in [5, 5.41) is 11.1. The van der Waals surface area contributed by atoms with Crippen LogP contribution < -0.4 is 10.6 Å². The summed E-state index contributed by atoms with van der Waals surface area (Å²) in [4.78, 5) is 4.27. The normalized spacial score (nSPS) is 12.6. The minimum Gasteiger partial charge on any atom is -0.354 e. The Balaban J connectivity index is 0.00000288. The Morgan fingerprint density at radius 2 is 1.88 bits per heavy atom. The summed E-state index contributed by atoms with van der Waals surface area (Å²) in [5.74, 6) is 1.38. The van der Waals surface area contributed by atoms with Gasteiger partial charge in [-0.15, -0.1) is 24.0 Å². The van der Waals surface area contributed by atoms with Crippen molar-refractivity contribution in [3.63, 3.8) is 0 Å². The number of nitrogens with one attached hydrogen (secondary N) is 2. The number of aromatic nitrogens is 2. The minimum atomic E-state index is 0. The predicted octanol–water partition coefficient (Wildman–Crippen LogP) is 3.26. The largest absolute Gasteiger partial charge is 0.354 e. The third-order valence-electron chi connectivity index (χ3n) is 3.92. The lowest BCUT2D eigenvalue weighted by Gasteiger charge is -2.20. The van der Waals surface area contributed by atoms with Crippen LogP contribution in [0.15, 0.2) is 47.7 Å².